The van der Waals surface area contributed by atoms with Crippen molar-refractivity contribution >= 4 is 38.8 Å². The first-order chi connectivity index (χ1) is 20.8. The SMILES string of the molecule is CCC1=CC(c2ccc3cc4ccccc4cc3c2)C2=c3ccccc3=CC2=C1c1cccc2c1Cc1ccccc1-2. The number of benzene rings is 6. The molecule has 0 heterocycles. The molecule has 0 saturated heterocycles. The van der Waals surface area contributed by atoms with Gasteiger partial charge in [0.05, 0.1) is 0 Å². The summed E-state index contributed by atoms with van der Waals surface area (Å²) in [5.41, 5.74) is 14.2. The van der Waals surface area contributed by atoms with Crippen molar-refractivity contribution in [2.24, 2.45) is 0 Å². The first-order valence-corrected chi connectivity index (χ1v) is 15.2. The van der Waals surface area contributed by atoms with Gasteiger partial charge in [0.15, 0.2) is 0 Å². The summed E-state index contributed by atoms with van der Waals surface area (Å²) in [7, 11) is 0. The van der Waals surface area contributed by atoms with Crippen LogP contribution < -0.4 is 10.4 Å². The van der Waals surface area contributed by atoms with E-state index in [2.05, 4.69) is 140 Å². The summed E-state index contributed by atoms with van der Waals surface area (Å²) in [6.45, 7) is 2.32. The van der Waals surface area contributed by atoms with Crippen LogP contribution in [0.25, 0.3) is 49.9 Å². The smallest absolute Gasteiger partial charge is 0.0287 e. The van der Waals surface area contributed by atoms with Crippen LogP contribution in [0.4, 0.5) is 0 Å². The van der Waals surface area contributed by atoms with Gasteiger partial charge in [-0.3, -0.25) is 0 Å². The average molecular weight is 535 g/mol. The molecule has 0 radical (unpaired) electrons. The summed E-state index contributed by atoms with van der Waals surface area (Å²) in [5.74, 6) is 0.212. The minimum Gasteiger partial charge on any atom is -0.0687 e. The van der Waals surface area contributed by atoms with Gasteiger partial charge >= 0.3 is 0 Å². The van der Waals surface area contributed by atoms with Gasteiger partial charge in [0.1, 0.15) is 0 Å². The lowest BCUT2D eigenvalue weighted by atomic mass is 9.74. The highest BCUT2D eigenvalue weighted by Gasteiger charge is 2.32. The summed E-state index contributed by atoms with van der Waals surface area (Å²) >= 11 is 0. The van der Waals surface area contributed by atoms with E-state index >= 15 is 0 Å². The standard InChI is InChI=1S/C42H30/c1-2-26-23-38(32-19-18-29-20-27-10-3-4-11-28(27)21-33(29)22-32)42-35-15-8-6-13-31(35)25-40(42)41(26)37-17-9-16-36-34-14-7-5-12-30(34)24-39(36)37/h3-23,25,38H,2,24H2,1H3. The molecule has 0 bridgehead atoms. The Morgan fingerprint density at radius 3 is 2.21 bits per heavy atom. The number of rotatable bonds is 3. The predicted molar refractivity (Wildman–Crippen MR) is 178 cm³/mol. The zero-order valence-corrected chi connectivity index (χ0v) is 23.7. The van der Waals surface area contributed by atoms with Gasteiger partial charge in [0.2, 0.25) is 0 Å². The monoisotopic (exact) mass is 534 g/mol. The third kappa shape index (κ3) is 3.42. The van der Waals surface area contributed by atoms with Crippen LogP contribution in [0.1, 0.15) is 41.5 Å². The van der Waals surface area contributed by atoms with Crippen molar-refractivity contribution in [3.8, 4) is 11.1 Å². The molecular weight excluding hydrogens is 504 g/mol. The fourth-order valence-corrected chi connectivity index (χ4v) is 7.75. The Labute approximate surface area is 246 Å². The average Bonchev–Trinajstić information content (AvgIpc) is 3.62. The van der Waals surface area contributed by atoms with E-state index in [0.29, 0.717) is 0 Å². The van der Waals surface area contributed by atoms with Crippen LogP contribution in [-0.2, 0) is 6.42 Å². The van der Waals surface area contributed by atoms with Crippen molar-refractivity contribution in [2.75, 3.05) is 0 Å². The minimum absolute atomic E-state index is 0.212. The van der Waals surface area contributed by atoms with E-state index in [0.717, 1.165) is 12.8 Å². The van der Waals surface area contributed by atoms with E-state index in [1.165, 1.54) is 87.7 Å². The summed E-state index contributed by atoms with van der Waals surface area (Å²) in [4.78, 5) is 0. The molecule has 0 N–H and O–H groups in total. The molecule has 1 unspecified atom stereocenters. The molecule has 0 aromatic heterocycles. The fourth-order valence-electron chi connectivity index (χ4n) is 7.75. The molecule has 9 rings (SSSR count). The van der Waals surface area contributed by atoms with Crippen molar-refractivity contribution in [1.82, 2.24) is 0 Å². The van der Waals surface area contributed by atoms with Gasteiger partial charge in [-0.2, -0.15) is 0 Å². The molecule has 0 fully saturated rings. The lowest BCUT2D eigenvalue weighted by Gasteiger charge is -2.29. The second kappa shape index (κ2) is 9.03. The third-order valence-electron chi connectivity index (χ3n) is 9.70. The maximum Gasteiger partial charge on any atom is 0.0287 e. The lowest BCUT2D eigenvalue weighted by molar-refractivity contribution is 1.03. The second-order valence-electron chi connectivity index (χ2n) is 11.9. The van der Waals surface area contributed by atoms with E-state index in [-0.39, 0.29) is 5.92 Å². The minimum atomic E-state index is 0.212. The van der Waals surface area contributed by atoms with E-state index in [1.54, 1.807) is 0 Å². The summed E-state index contributed by atoms with van der Waals surface area (Å²) in [6.07, 6.45) is 7.04. The van der Waals surface area contributed by atoms with Crippen molar-refractivity contribution < 1.29 is 0 Å². The Morgan fingerprint density at radius 2 is 1.33 bits per heavy atom. The lowest BCUT2D eigenvalue weighted by Crippen LogP contribution is -2.24. The van der Waals surface area contributed by atoms with Crippen LogP contribution in [0.5, 0.6) is 0 Å². The molecule has 0 heteroatoms. The van der Waals surface area contributed by atoms with Crippen molar-refractivity contribution in [1.29, 1.82) is 0 Å². The largest absolute Gasteiger partial charge is 0.0687 e. The third-order valence-corrected chi connectivity index (χ3v) is 9.70. The number of allylic oxidation sites excluding steroid dienone is 4. The zero-order chi connectivity index (χ0) is 27.8. The molecule has 0 saturated carbocycles. The highest BCUT2D eigenvalue weighted by molar-refractivity contribution is 6.05. The topological polar surface area (TPSA) is 0 Å². The Balaban J connectivity index is 1.28. The molecule has 6 aromatic rings. The van der Waals surface area contributed by atoms with Crippen LogP contribution in [0.2, 0.25) is 0 Å². The van der Waals surface area contributed by atoms with E-state index < -0.39 is 0 Å². The number of hydrogen-bond donors (Lipinski definition) is 0. The molecule has 0 amide bonds. The molecule has 1 atom stereocenters. The summed E-state index contributed by atoms with van der Waals surface area (Å²) in [5, 5.41) is 7.90. The first kappa shape index (κ1) is 23.7. The van der Waals surface area contributed by atoms with Crippen molar-refractivity contribution in [2.45, 2.75) is 25.7 Å². The number of hydrogen-bond acceptors (Lipinski definition) is 0. The normalized spacial score (nSPS) is 16.6. The highest BCUT2D eigenvalue weighted by atomic mass is 14.4. The quantitative estimate of drug-likeness (QED) is 0.198. The van der Waals surface area contributed by atoms with Crippen LogP contribution in [0, 0.1) is 0 Å². The molecule has 0 spiro atoms. The predicted octanol–water partition coefficient (Wildman–Crippen LogP) is 9.10. The van der Waals surface area contributed by atoms with Gasteiger partial charge < -0.3 is 0 Å². The molecule has 3 aliphatic carbocycles. The van der Waals surface area contributed by atoms with Crippen LogP contribution in [0.15, 0.2) is 139 Å². The highest BCUT2D eigenvalue weighted by Crippen LogP contribution is 2.49. The Hall–Kier alpha value is -4.94. The zero-order valence-electron chi connectivity index (χ0n) is 23.7. The van der Waals surface area contributed by atoms with Crippen LogP contribution in [-0.4, -0.2) is 0 Å². The number of fused-ring (bicyclic) bond motifs is 7. The molecule has 3 aliphatic rings. The fraction of sp³-hybridized carbons (Fsp3) is 0.0952. The molecule has 198 valence electrons. The van der Waals surface area contributed by atoms with Gasteiger partial charge in [-0.05, 0) is 119 Å². The second-order valence-corrected chi connectivity index (χ2v) is 11.9. The molecular formula is C42H30. The molecule has 42 heavy (non-hydrogen) atoms. The van der Waals surface area contributed by atoms with E-state index in [9.17, 15) is 0 Å². The van der Waals surface area contributed by atoms with Gasteiger partial charge in [-0.15, -0.1) is 0 Å². The van der Waals surface area contributed by atoms with E-state index in [4.69, 9.17) is 0 Å². The van der Waals surface area contributed by atoms with Gasteiger partial charge in [-0.25, -0.2) is 0 Å². The summed E-state index contributed by atoms with van der Waals surface area (Å²) < 4.78 is 0. The van der Waals surface area contributed by atoms with Crippen molar-refractivity contribution in [3.05, 3.63) is 171 Å². The maximum atomic E-state index is 2.58. The van der Waals surface area contributed by atoms with Crippen LogP contribution >= 0.6 is 0 Å². The molecule has 0 aliphatic heterocycles. The summed E-state index contributed by atoms with van der Waals surface area (Å²) in [6, 6.07) is 45.3. The van der Waals surface area contributed by atoms with Crippen molar-refractivity contribution in [3.63, 3.8) is 0 Å². The van der Waals surface area contributed by atoms with Gasteiger partial charge in [0.25, 0.3) is 0 Å². The maximum absolute atomic E-state index is 2.58. The first-order valence-electron chi connectivity index (χ1n) is 15.2. The van der Waals surface area contributed by atoms with Gasteiger partial charge in [0, 0.05) is 5.92 Å². The van der Waals surface area contributed by atoms with E-state index in [1.807, 2.05) is 0 Å². The Bertz CT molecular complexity index is 2310. The Morgan fingerprint density at radius 1 is 0.619 bits per heavy atom. The Kier molecular flexibility index (Phi) is 5.10. The van der Waals surface area contributed by atoms with Gasteiger partial charge in [-0.1, -0.05) is 122 Å². The molecule has 6 aromatic carbocycles. The molecule has 0 nitrogen and oxygen atoms in total. The van der Waals surface area contributed by atoms with Crippen LogP contribution in [0.3, 0.4) is 0 Å².